The summed E-state index contributed by atoms with van der Waals surface area (Å²) in [6.07, 6.45) is 3.59. The minimum absolute atomic E-state index is 0.172. The lowest BCUT2D eigenvalue weighted by Crippen LogP contribution is -2.44. The van der Waals surface area contributed by atoms with Crippen molar-refractivity contribution < 1.29 is 9.53 Å². The Kier molecular flexibility index (Phi) is 5.32. The van der Waals surface area contributed by atoms with Crippen LogP contribution in [0.1, 0.15) is 33.6 Å². The Balaban J connectivity index is 1.98. The molecule has 1 fully saturated rings. The van der Waals surface area contributed by atoms with Gasteiger partial charge in [0.05, 0.1) is 6.04 Å². The lowest BCUT2D eigenvalue weighted by Gasteiger charge is -2.31. The van der Waals surface area contributed by atoms with Crippen molar-refractivity contribution in [1.29, 1.82) is 0 Å². The molecule has 0 bridgehead atoms. The number of hydrogen-bond acceptors (Lipinski definition) is 4. The number of halogens is 1. The van der Waals surface area contributed by atoms with Gasteiger partial charge in [-0.3, -0.25) is 0 Å². The summed E-state index contributed by atoms with van der Waals surface area (Å²) in [5.74, 6) is 0.902. The van der Waals surface area contributed by atoms with Crippen molar-refractivity contribution in [2.24, 2.45) is 0 Å². The minimum Gasteiger partial charge on any atom is -0.444 e. The number of ether oxygens (including phenoxy) is 1. The zero-order valence-corrected chi connectivity index (χ0v) is 15.3. The van der Waals surface area contributed by atoms with E-state index in [1.165, 1.54) is 0 Å². The van der Waals surface area contributed by atoms with Crippen molar-refractivity contribution in [3.05, 3.63) is 22.8 Å². The zero-order valence-electron chi connectivity index (χ0n) is 13.7. The van der Waals surface area contributed by atoms with E-state index in [9.17, 15) is 4.79 Å². The van der Waals surface area contributed by atoms with Crippen molar-refractivity contribution in [2.45, 2.75) is 45.3 Å². The standard InChI is InChI=1S/C16H24BrN3O2/c1-16(2,3)22-15(21)20-9-5-6-13(20)11-19(4)14-8-7-12(17)10-18-14/h7-8,10,13H,5-6,9,11H2,1-4H3/t13-/m0/s1. The number of hydrogen-bond donors (Lipinski definition) is 0. The average Bonchev–Trinajstić information content (AvgIpc) is 2.85. The molecule has 22 heavy (non-hydrogen) atoms. The first-order valence-corrected chi connectivity index (χ1v) is 8.38. The molecular weight excluding hydrogens is 346 g/mol. The molecule has 0 aliphatic carbocycles. The van der Waals surface area contributed by atoms with Gasteiger partial charge in [-0.25, -0.2) is 9.78 Å². The number of nitrogens with zero attached hydrogens (tertiary/aromatic N) is 3. The number of carbonyl (C=O) groups is 1. The molecule has 1 aromatic rings. The number of likely N-dealkylation sites (N-methyl/N-ethyl adjacent to an activating group) is 1. The number of carbonyl (C=O) groups excluding carboxylic acids is 1. The van der Waals surface area contributed by atoms with E-state index in [0.717, 1.165) is 36.2 Å². The smallest absolute Gasteiger partial charge is 0.410 e. The summed E-state index contributed by atoms with van der Waals surface area (Å²) in [6.45, 7) is 7.21. The summed E-state index contributed by atoms with van der Waals surface area (Å²) in [4.78, 5) is 20.6. The fraction of sp³-hybridized carbons (Fsp3) is 0.625. The Morgan fingerprint density at radius 2 is 2.23 bits per heavy atom. The Labute approximate surface area is 140 Å². The fourth-order valence-corrected chi connectivity index (χ4v) is 2.82. The molecule has 0 unspecified atom stereocenters. The highest BCUT2D eigenvalue weighted by molar-refractivity contribution is 9.10. The third kappa shape index (κ3) is 4.60. The van der Waals surface area contributed by atoms with E-state index < -0.39 is 5.60 Å². The molecule has 1 atom stereocenters. The molecular formula is C16H24BrN3O2. The summed E-state index contributed by atoms with van der Waals surface area (Å²) in [5, 5.41) is 0. The van der Waals surface area contributed by atoms with Crippen LogP contribution in [-0.4, -0.2) is 47.8 Å². The molecule has 1 amide bonds. The predicted octanol–water partition coefficient (Wildman–Crippen LogP) is 3.68. The second kappa shape index (κ2) is 6.86. The van der Waals surface area contributed by atoms with E-state index in [0.29, 0.717) is 0 Å². The molecule has 1 aliphatic rings. The third-order valence-electron chi connectivity index (χ3n) is 3.59. The van der Waals surface area contributed by atoms with Crippen LogP contribution in [0.5, 0.6) is 0 Å². The SMILES string of the molecule is CN(C[C@@H]1CCCN1C(=O)OC(C)(C)C)c1ccc(Br)cn1. The van der Waals surface area contributed by atoms with Gasteiger partial charge in [0.25, 0.3) is 0 Å². The van der Waals surface area contributed by atoms with Crippen molar-refractivity contribution in [2.75, 3.05) is 25.0 Å². The van der Waals surface area contributed by atoms with Crippen LogP contribution in [-0.2, 0) is 4.74 Å². The average molecular weight is 370 g/mol. The first-order chi connectivity index (χ1) is 10.3. The topological polar surface area (TPSA) is 45.7 Å². The van der Waals surface area contributed by atoms with Crippen molar-refractivity contribution in [3.8, 4) is 0 Å². The first-order valence-electron chi connectivity index (χ1n) is 7.58. The molecule has 5 nitrogen and oxygen atoms in total. The summed E-state index contributed by atoms with van der Waals surface area (Å²) >= 11 is 3.39. The summed E-state index contributed by atoms with van der Waals surface area (Å²) in [5.41, 5.74) is -0.455. The quantitative estimate of drug-likeness (QED) is 0.814. The van der Waals surface area contributed by atoms with Gasteiger partial charge in [0.1, 0.15) is 11.4 Å². The Bertz CT molecular complexity index is 513. The second-order valence-corrected chi connectivity index (χ2v) is 7.60. The monoisotopic (exact) mass is 369 g/mol. The highest BCUT2D eigenvalue weighted by atomic mass is 79.9. The Morgan fingerprint density at radius 1 is 1.50 bits per heavy atom. The van der Waals surface area contributed by atoms with Gasteiger partial charge in [-0.15, -0.1) is 0 Å². The molecule has 1 aliphatic heterocycles. The molecule has 2 rings (SSSR count). The van der Waals surface area contributed by atoms with Gasteiger partial charge in [-0.05, 0) is 61.7 Å². The highest BCUT2D eigenvalue weighted by Crippen LogP contribution is 2.23. The maximum Gasteiger partial charge on any atom is 0.410 e. The van der Waals surface area contributed by atoms with Gasteiger partial charge in [-0.2, -0.15) is 0 Å². The lowest BCUT2D eigenvalue weighted by atomic mass is 10.2. The maximum absolute atomic E-state index is 12.3. The van der Waals surface area contributed by atoms with E-state index in [1.54, 1.807) is 6.20 Å². The number of aromatic nitrogens is 1. The van der Waals surface area contributed by atoms with E-state index in [1.807, 2.05) is 44.9 Å². The van der Waals surface area contributed by atoms with E-state index in [2.05, 4.69) is 25.8 Å². The number of amides is 1. The largest absolute Gasteiger partial charge is 0.444 e. The van der Waals surface area contributed by atoms with Gasteiger partial charge in [0.2, 0.25) is 0 Å². The van der Waals surface area contributed by atoms with Gasteiger partial charge in [0, 0.05) is 30.8 Å². The van der Waals surface area contributed by atoms with Gasteiger partial charge < -0.3 is 14.5 Å². The normalized spacial score (nSPS) is 18.4. The second-order valence-electron chi connectivity index (χ2n) is 6.68. The van der Waals surface area contributed by atoms with E-state index >= 15 is 0 Å². The molecule has 1 saturated heterocycles. The molecule has 2 heterocycles. The maximum atomic E-state index is 12.3. The lowest BCUT2D eigenvalue weighted by molar-refractivity contribution is 0.0232. The molecule has 0 radical (unpaired) electrons. The molecule has 0 aromatic carbocycles. The van der Waals surface area contributed by atoms with Crippen LogP contribution in [0.3, 0.4) is 0 Å². The first kappa shape index (κ1) is 17.1. The Hall–Kier alpha value is -1.30. The number of anilines is 1. The summed E-state index contributed by atoms with van der Waals surface area (Å²) in [7, 11) is 2.00. The summed E-state index contributed by atoms with van der Waals surface area (Å²) in [6, 6.07) is 4.11. The van der Waals surface area contributed by atoms with Crippen LogP contribution in [0.4, 0.5) is 10.6 Å². The molecule has 0 spiro atoms. The van der Waals surface area contributed by atoms with Crippen LogP contribution in [0.2, 0.25) is 0 Å². The van der Waals surface area contributed by atoms with Gasteiger partial charge >= 0.3 is 6.09 Å². The van der Waals surface area contributed by atoms with Crippen LogP contribution in [0, 0.1) is 0 Å². The van der Waals surface area contributed by atoms with Crippen LogP contribution in [0.25, 0.3) is 0 Å². The molecule has 0 saturated carbocycles. The number of rotatable bonds is 3. The van der Waals surface area contributed by atoms with E-state index in [4.69, 9.17) is 4.74 Å². The van der Waals surface area contributed by atoms with Crippen molar-refractivity contribution in [1.82, 2.24) is 9.88 Å². The van der Waals surface area contributed by atoms with Crippen LogP contribution < -0.4 is 4.90 Å². The Morgan fingerprint density at radius 3 is 2.82 bits per heavy atom. The predicted molar refractivity (Wildman–Crippen MR) is 91.2 cm³/mol. The highest BCUT2D eigenvalue weighted by Gasteiger charge is 2.32. The van der Waals surface area contributed by atoms with Gasteiger partial charge in [0.15, 0.2) is 0 Å². The van der Waals surface area contributed by atoms with Crippen LogP contribution >= 0.6 is 15.9 Å². The fourth-order valence-electron chi connectivity index (χ4n) is 2.59. The molecule has 122 valence electrons. The third-order valence-corrected chi connectivity index (χ3v) is 4.06. The van der Waals surface area contributed by atoms with Crippen LogP contribution in [0.15, 0.2) is 22.8 Å². The van der Waals surface area contributed by atoms with Gasteiger partial charge in [-0.1, -0.05) is 0 Å². The molecule has 1 aromatic heterocycles. The molecule has 0 N–H and O–H groups in total. The summed E-state index contributed by atoms with van der Waals surface area (Å²) < 4.78 is 6.46. The van der Waals surface area contributed by atoms with E-state index in [-0.39, 0.29) is 12.1 Å². The minimum atomic E-state index is -0.455. The van der Waals surface area contributed by atoms with Crippen molar-refractivity contribution in [3.63, 3.8) is 0 Å². The van der Waals surface area contributed by atoms with Crippen molar-refractivity contribution >= 4 is 27.8 Å². The molecule has 6 heteroatoms. The number of pyridine rings is 1. The number of likely N-dealkylation sites (tertiary alicyclic amines) is 1. The zero-order chi connectivity index (χ0) is 16.3.